The molecule has 174 valence electrons. The lowest BCUT2D eigenvalue weighted by Crippen LogP contribution is -2.64. The third-order valence-corrected chi connectivity index (χ3v) is 7.19. The Morgan fingerprint density at radius 1 is 0.971 bits per heavy atom. The van der Waals surface area contributed by atoms with Gasteiger partial charge in [-0.1, -0.05) is 59.6 Å². The number of carbonyl (C=O) groups is 1. The predicted octanol–water partition coefficient (Wildman–Crippen LogP) is 4.68. The zero-order valence-corrected chi connectivity index (χ0v) is 20.6. The third kappa shape index (κ3) is 3.85. The quantitative estimate of drug-likeness (QED) is 0.466. The zero-order chi connectivity index (χ0) is 23.9. The van der Waals surface area contributed by atoms with Crippen LogP contribution >= 0.6 is 23.2 Å². The number of halogens is 2. The molecule has 3 aromatic rings. The Morgan fingerprint density at radius 2 is 1.74 bits per heavy atom. The lowest BCUT2D eigenvalue weighted by atomic mass is 9.62. The van der Waals surface area contributed by atoms with Crippen molar-refractivity contribution in [2.24, 2.45) is 0 Å². The van der Waals surface area contributed by atoms with Gasteiger partial charge in [0, 0.05) is 41.3 Å². The second-order valence-corrected chi connectivity index (χ2v) is 9.41. The van der Waals surface area contributed by atoms with Crippen molar-refractivity contribution in [1.29, 1.82) is 0 Å². The van der Waals surface area contributed by atoms with E-state index in [0.29, 0.717) is 27.7 Å². The first-order chi connectivity index (χ1) is 16.4. The van der Waals surface area contributed by atoms with Gasteiger partial charge in [0.1, 0.15) is 6.21 Å². The van der Waals surface area contributed by atoms with Crippen LogP contribution in [0.3, 0.4) is 0 Å². The summed E-state index contributed by atoms with van der Waals surface area (Å²) in [5.41, 5.74) is 3.55. The van der Waals surface area contributed by atoms with Crippen LogP contribution in [0.25, 0.3) is 0 Å². The van der Waals surface area contributed by atoms with Crippen LogP contribution < -0.4 is 15.0 Å². The number of carbonyl (C=O) groups excluding carboxylic acids is 1. The van der Waals surface area contributed by atoms with Crippen LogP contribution in [0.4, 0.5) is 5.69 Å². The van der Waals surface area contributed by atoms with Crippen LogP contribution in [0.2, 0.25) is 10.0 Å². The Kier molecular flexibility index (Phi) is 6.05. The molecule has 5 nitrogen and oxygen atoms in total. The van der Waals surface area contributed by atoms with Crippen LogP contribution in [0.5, 0.6) is 5.75 Å². The second kappa shape index (κ2) is 9.01. The van der Waals surface area contributed by atoms with Crippen molar-refractivity contribution < 1.29 is 18.6 Å². The predicted molar refractivity (Wildman–Crippen MR) is 138 cm³/mol. The molecule has 0 N–H and O–H groups in total. The second-order valence-electron chi connectivity index (χ2n) is 8.57. The largest absolute Gasteiger partial charge is 0.683 e. The molecular weight excluding hydrogens is 470 g/mol. The van der Waals surface area contributed by atoms with Crippen LogP contribution in [0.15, 0.2) is 66.7 Å². The van der Waals surface area contributed by atoms with Gasteiger partial charge in [0.15, 0.2) is 0 Å². The highest BCUT2D eigenvalue weighted by atomic mass is 35.5. The number of nitrogens with zero attached hydrogens (tertiary/aromatic N) is 2. The van der Waals surface area contributed by atoms with E-state index in [0.717, 1.165) is 29.9 Å². The maximum atomic E-state index is 13.3. The first-order valence-electron chi connectivity index (χ1n) is 11.5. The maximum absolute atomic E-state index is 13.3. The molecule has 0 bridgehead atoms. The van der Waals surface area contributed by atoms with Crippen molar-refractivity contribution in [1.82, 2.24) is 0 Å². The van der Waals surface area contributed by atoms with E-state index in [1.165, 1.54) is 0 Å². The fourth-order valence-electron chi connectivity index (χ4n) is 4.89. The topological polar surface area (TPSA) is 41.8 Å². The first-order valence-corrected chi connectivity index (χ1v) is 12.3. The van der Waals surface area contributed by atoms with Gasteiger partial charge in [-0.05, 0) is 49.1 Å². The Bertz CT molecular complexity index is 1280. The van der Waals surface area contributed by atoms with E-state index in [4.69, 9.17) is 32.5 Å². The molecule has 0 amide bonds. The minimum Gasteiger partial charge on any atom is -0.618 e. The standard InChI is InChI=1S/C26H25BCl2N2O3/c1-3-30(4-2)21-12-10-19-17-31-24(14-18-8-6-5-7-9-18)26(32)34-27(31,33-25(19)16-21)22-13-11-20(28)15-23(22)29/h5-13,15-17,24H,3-4,14H2,1-2H3/t24-,27?/m0/s1. The van der Waals surface area contributed by atoms with Gasteiger partial charge in [0.05, 0.1) is 11.3 Å². The summed E-state index contributed by atoms with van der Waals surface area (Å²) >= 11 is 12.8. The van der Waals surface area contributed by atoms with Crippen molar-refractivity contribution in [3.8, 4) is 5.75 Å². The van der Waals surface area contributed by atoms with Crippen LogP contribution in [0.1, 0.15) is 25.0 Å². The molecule has 2 aliphatic heterocycles. The van der Waals surface area contributed by atoms with Gasteiger partial charge in [0.2, 0.25) is 6.04 Å². The van der Waals surface area contributed by atoms with Crippen LogP contribution in [-0.4, -0.2) is 42.5 Å². The lowest BCUT2D eigenvalue weighted by Gasteiger charge is -2.36. The first kappa shape index (κ1) is 22.8. The minimum absolute atomic E-state index is 0.345. The number of hydrogen-bond acceptors (Lipinski definition) is 4. The summed E-state index contributed by atoms with van der Waals surface area (Å²) in [6, 6.07) is 20.6. The zero-order valence-electron chi connectivity index (χ0n) is 19.1. The molecule has 2 aliphatic rings. The fraction of sp³-hybridized carbons (Fsp3) is 0.231. The van der Waals surface area contributed by atoms with Gasteiger partial charge in [-0.25, -0.2) is 4.79 Å². The number of anilines is 1. The summed E-state index contributed by atoms with van der Waals surface area (Å²) in [6.07, 6.45) is 2.45. The molecule has 1 unspecified atom stereocenters. The molecule has 34 heavy (non-hydrogen) atoms. The molecule has 0 saturated carbocycles. The summed E-state index contributed by atoms with van der Waals surface area (Å²) in [5.74, 6) is 0.308. The van der Waals surface area contributed by atoms with E-state index in [9.17, 15) is 4.79 Å². The normalized spacial score (nSPS) is 20.6. The Balaban J connectivity index is 1.66. The Labute approximate surface area is 209 Å². The molecule has 5 rings (SSSR count). The van der Waals surface area contributed by atoms with Gasteiger partial charge in [-0.3, -0.25) is 0 Å². The molecular formula is C26H25BCl2N2O3. The lowest BCUT2D eigenvalue weighted by molar-refractivity contribution is -0.432. The summed E-state index contributed by atoms with van der Waals surface area (Å²) in [7, 11) is 0. The van der Waals surface area contributed by atoms with E-state index in [1.54, 1.807) is 18.2 Å². The highest BCUT2D eigenvalue weighted by Gasteiger charge is 2.62. The molecule has 0 spiro atoms. The SMILES string of the molecule is CCN(CC)c1ccc2c(c1)O[B-]1(c3ccc(Cl)cc3Cl)OC(=O)[C@H](Cc3ccccc3)[N+]1=C2. The molecule has 2 atom stereocenters. The fourth-order valence-corrected chi connectivity index (χ4v) is 5.44. The summed E-state index contributed by atoms with van der Waals surface area (Å²) in [5, 5.41) is 0.893. The maximum Gasteiger partial charge on any atom is 0.683 e. The average Bonchev–Trinajstić information content (AvgIpc) is 3.09. The van der Waals surface area contributed by atoms with Gasteiger partial charge in [0.25, 0.3) is 0 Å². The molecule has 1 saturated heterocycles. The van der Waals surface area contributed by atoms with E-state index in [1.807, 2.05) is 53.2 Å². The van der Waals surface area contributed by atoms with Crippen molar-refractivity contribution in [3.05, 3.63) is 87.9 Å². The third-order valence-electron chi connectivity index (χ3n) is 6.63. The highest BCUT2D eigenvalue weighted by molar-refractivity contribution is 6.79. The van der Waals surface area contributed by atoms with E-state index in [2.05, 4.69) is 24.8 Å². The van der Waals surface area contributed by atoms with E-state index in [-0.39, 0.29) is 5.97 Å². The Hall–Kier alpha value is -2.96. The van der Waals surface area contributed by atoms with Gasteiger partial charge in [-0.15, -0.1) is 0 Å². The Morgan fingerprint density at radius 3 is 2.44 bits per heavy atom. The number of benzene rings is 3. The molecule has 2 heterocycles. The van der Waals surface area contributed by atoms with E-state index < -0.39 is 12.7 Å². The van der Waals surface area contributed by atoms with Gasteiger partial charge < -0.3 is 18.7 Å². The van der Waals surface area contributed by atoms with Gasteiger partial charge in [-0.2, -0.15) is 0 Å². The molecule has 3 aromatic carbocycles. The number of fused-ring (bicyclic) bond motifs is 2. The molecule has 0 aliphatic carbocycles. The summed E-state index contributed by atoms with van der Waals surface area (Å²) < 4.78 is 14.6. The van der Waals surface area contributed by atoms with Crippen molar-refractivity contribution in [2.45, 2.75) is 26.3 Å². The minimum atomic E-state index is -2.40. The van der Waals surface area contributed by atoms with Crippen LogP contribution in [-0.2, 0) is 15.9 Å². The molecule has 0 radical (unpaired) electrons. The number of rotatable bonds is 6. The van der Waals surface area contributed by atoms with Crippen molar-refractivity contribution in [3.63, 3.8) is 0 Å². The van der Waals surface area contributed by atoms with Crippen molar-refractivity contribution >= 4 is 53.2 Å². The highest BCUT2D eigenvalue weighted by Crippen LogP contribution is 2.36. The van der Waals surface area contributed by atoms with Gasteiger partial charge >= 0.3 is 12.7 Å². The smallest absolute Gasteiger partial charge is 0.618 e. The molecule has 0 aromatic heterocycles. The number of hydrogen-bond donors (Lipinski definition) is 0. The average molecular weight is 495 g/mol. The summed E-state index contributed by atoms with van der Waals surface area (Å²) in [4.78, 5) is 15.5. The van der Waals surface area contributed by atoms with Crippen LogP contribution in [0, 0.1) is 0 Å². The summed E-state index contributed by atoms with van der Waals surface area (Å²) in [6.45, 7) is 3.57. The molecule has 1 fully saturated rings. The van der Waals surface area contributed by atoms with Crippen molar-refractivity contribution in [2.75, 3.05) is 18.0 Å². The monoisotopic (exact) mass is 494 g/mol. The van der Waals surface area contributed by atoms with E-state index >= 15 is 0 Å². The molecule has 8 heteroatoms.